The maximum atomic E-state index is 11.4. The quantitative estimate of drug-likeness (QED) is 0.566. The molecule has 2 aliphatic rings. The van der Waals surface area contributed by atoms with Crippen LogP contribution in [-0.2, 0) is 0 Å². The number of hydrogen-bond donors (Lipinski definition) is 0. The molecule has 2 rings (SSSR count). The molecule has 0 atom stereocenters. The lowest BCUT2D eigenvalue weighted by molar-refractivity contribution is 0.101. The van der Waals surface area contributed by atoms with Crippen LogP contribution in [-0.4, -0.2) is 12.1 Å². The van der Waals surface area contributed by atoms with E-state index >= 15 is 0 Å². The zero-order valence-electron chi connectivity index (χ0n) is 9.28. The van der Waals surface area contributed by atoms with E-state index in [0.29, 0.717) is 11.1 Å². The number of Topliss-reactive ketones (excluding diaryl/α,β-unsaturated/α-hetero) is 1. The van der Waals surface area contributed by atoms with Gasteiger partial charge >= 0.3 is 0 Å². The van der Waals surface area contributed by atoms with E-state index in [4.69, 9.17) is 0 Å². The SMILES string of the molecule is CC(=O)c1ccc(C)c2ccc(C=O)c-2c1. The van der Waals surface area contributed by atoms with Crippen molar-refractivity contribution in [1.82, 2.24) is 0 Å². The molecule has 0 saturated heterocycles. The fraction of sp³-hybridized carbons (Fsp3) is 0.143. The van der Waals surface area contributed by atoms with Crippen molar-refractivity contribution >= 4 is 12.1 Å². The molecule has 2 aliphatic carbocycles. The molecule has 0 radical (unpaired) electrons. The zero-order valence-corrected chi connectivity index (χ0v) is 9.28. The normalized spacial score (nSPS) is 10.4. The standard InChI is InChI=1S/C14H12O2/c1-9-3-4-11(10(2)16)7-14-12(8-15)5-6-13(9)14/h3-8H,1-2H3. The molecular formula is C14H12O2. The molecule has 0 fully saturated rings. The summed E-state index contributed by atoms with van der Waals surface area (Å²) in [7, 11) is 0. The molecule has 0 unspecified atom stereocenters. The van der Waals surface area contributed by atoms with Gasteiger partial charge in [-0.25, -0.2) is 0 Å². The fourth-order valence-electron chi connectivity index (χ4n) is 1.84. The van der Waals surface area contributed by atoms with Crippen molar-refractivity contribution in [3.8, 4) is 11.1 Å². The smallest absolute Gasteiger partial charge is 0.159 e. The second-order valence-electron chi connectivity index (χ2n) is 3.91. The summed E-state index contributed by atoms with van der Waals surface area (Å²) in [6.07, 6.45) is 0.825. The van der Waals surface area contributed by atoms with Crippen LogP contribution >= 0.6 is 0 Å². The highest BCUT2D eigenvalue weighted by atomic mass is 16.1. The maximum Gasteiger partial charge on any atom is 0.159 e. The predicted octanol–water partition coefficient (Wildman–Crippen LogP) is 3.11. The first-order valence-corrected chi connectivity index (χ1v) is 5.13. The van der Waals surface area contributed by atoms with Gasteiger partial charge in [-0.3, -0.25) is 9.59 Å². The van der Waals surface area contributed by atoms with E-state index < -0.39 is 0 Å². The second kappa shape index (κ2) is 3.89. The Bertz CT molecular complexity index is 541. The van der Waals surface area contributed by atoms with Crippen LogP contribution in [0.15, 0.2) is 30.3 Å². The highest BCUT2D eigenvalue weighted by Crippen LogP contribution is 2.30. The highest BCUT2D eigenvalue weighted by molar-refractivity contribution is 5.98. The third kappa shape index (κ3) is 1.63. The average molecular weight is 212 g/mol. The summed E-state index contributed by atoms with van der Waals surface area (Å²) in [6.45, 7) is 3.50. The lowest BCUT2D eigenvalue weighted by Crippen LogP contribution is -1.89. The molecule has 2 nitrogen and oxygen atoms in total. The van der Waals surface area contributed by atoms with E-state index in [1.54, 1.807) is 18.2 Å². The molecule has 0 aromatic rings. The number of aldehydes is 1. The van der Waals surface area contributed by atoms with Gasteiger partial charge < -0.3 is 0 Å². The van der Waals surface area contributed by atoms with Gasteiger partial charge in [-0.1, -0.05) is 24.3 Å². The Morgan fingerprint density at radius 3 is 2.50 bits per heavy atom. The van der Waals surface area contributed by atoms with Gasteiger partial charge in [0, 0.05) is 11.1 Å². The minimum Gasteiger partial charge on any atom is -0.298 e. The van der Waals surface area contributed by atoms with Crippen LogP contribution in [0.1, 0.15) is 33.2 Å². The third-order valence-electron chi connectivity index (χ3n) is 2.80. The maximum absolute atomic E-state index is 11.4. The Morgan fingerprint density at radius 2 is 1.88 bits per heavy atom. The van der Waals surface area contributed by atoms with Crippen LogP contribution in [0.3, 0.4) is 0 Å². The number of carbonyl (C=O) groups excluding carboxylic acids is 2. The molecule has 0 N–H and O–H groups in total. The summed E-state index contributed by atoms with van der Waals surface area (Å²) >= 11 is 0. The first kappa shape index (κ1) is 10.6. The van der Waals surface area contributed by atoms with Crippen LogP contribution in [0.4, 0.5) is 0 Å². The predicted molar refractivity (Wildman–Crippen MR) is 63.2 cm³/mol. The number of aryl methyl sites for hydroxylation is 1. The molecule has 16 heavy (non-hydrogen) atoms. The van der Waals surface area contributed by atoms with Crippen LogP contribution in [0.2, 0.25) is 0 Å². The van der Waals surface area contributed by atoms with Gasteiger partial charge in [-0.15, -0.1) is 0 Å². The van der Waals surface area contributed by atoms with E-state index in [2.05, 4.69) is 0 Å². The summed E-state index contributed by atoms with van der Waals surface area (Å²) in [6, 6.07) is 9.20. The zero-order chi connectivity index (χ0) is 11.7. The van der Waals surface area contributed by atoms with Crippen molar-refractivity contribution in [3.05, 3.63) is 47.0 Å². The van der Waals surface area contributed by atoms with Crippen molar-refractivity contribution in [3.63, 3.8) is 0 Å². The Hall–Kier alpha value is -1.96. The summed E-state index contributed by atoms with van der Waals surface area (Å²) in [5.41, 5.74) is 4.21. The van der Waals surface area contributed by atoms with Gasteiger partial charge in [0.2, 0.25) is 0 Å². The van der Waals surface area contributed by atoms with Crippen LogP contribution in [0.25, 0.3) is 11.1 Å². The van der Waals surface area contributed by atoms with Crippen LogP contribution in [0, 0.1) is 6.92 Å². The number of carbonyl (C=O) groups is 2. The molecule has 0 spiro atoms. The monoisotopic (exact) mass is 212 g/mol. The largest absolute Gasteiger partial charge is 0.298 e. The Balaban J connectivity index is 2.78. The topological polar surface area (TPSA) is 34.1 Å². The molecule has 0 heterocycles. The van der Waals surface area contributed by atoms with E-state index in [9.17, 15) is 9.59 Å². The van der Waals surface area contributed by atoms with Gasteiger partial charge in [0.15, 0.2) is 12.1 Å². The molecule has 0 amide bonds. The minimum atomic E-state index is 0.00921. The van der Waals surface area contributed by atoms with Crippen molar-refractivity contribution < 1.29 is 9.59 Å². The van der Waals surface area contributed by atoms with Crippen LogP contribution in [0.5, 0.6) is 0 Å². The average Bonchev–Trinajstić information content (AvgIpc) is 2.58. The summed E-state index contributed by atoms with van der Waals surface area (Å²) in [5, 5.41) is 0. The molecule has 0 aliphatic heterocycles. The fourth-order valence-corrected chi connectivity index (χ4v) is 1.84. The van der Waals surface area contributed by atoms with Crippen molar-refractivity contribution in [2.24, 2.45) is 0 Å². The number of ketones is 1. The second-order valence-corrected chi connectivity index (χ2v) is 3.91. The lowest BCUT2D eigenvalue weighted by atomic mass is 10.1. The Morgan fingerprint density at radius 1 is 1.12 bits per heavy atom. The molecule has 0 saturated carbocycles. The highest BCUT2D eigenvalue weighted by Gasteiger charge is 2.11. The van der Waals surface area contributed by atoms with Crippen molar-refractivity contribution in [2.75, 3.05) is 0 Å². The summed E-state index contributed by atoms with van der Waals surface area (Å²) in [4.78, 5) is 22.3. The van der Waals surface area contributed by atoms with E-state index in [0.717, 1.165) is 23.0 Å². The Labute approximate surface area is 94.3 Å². The summed E-state index contributed by atoms with van der Waals surface area (Å²) in [5.74, 6) is 0.00921. The van der Waals surface area contributed by atoms with Gasteiger partial charge in [-0.05, 0) is 36.6 Å². The Kier molecular flexibility index (Phi) is 2.57. The molecule has 0 bridgehead atoms. The van der Waals surface area contributed by atoms with Gasteiger partial charge in [-0.2, -0.15) is 0 Å². The lowest BCUT2D eigenvalue weighted by Gasteiger charge is -1.97. The van der Waals surface area contributed by atoms with Crippen molar-refractivity contribution in [2.45, 2.75) is 13.8 Å². The van der Waals surface area contributed by atoms with Crippen molar-refractivity contribution in [1.29, 1.82) is 0 Å². The first-order chi connectivity index (χ1) is 7.63. The molecular weight excluding hydrogens is 200 g/mol. The molecule has 0 aromatic heterocycles. The van der Waals surface area contributed by atoms with Crippen LogP contribution < -0.4 is 0 Å². The first-order valence-electron chi connectivity index (χ1n) is 5.13. The van der Waals surface area contributed by atoms with E-state index in [1.165, 1.54) is 6.92 Å². The number of fused-ring (bicyclic) bond motifs is 1. The van der Waals surface area contributed by atoms with E-state index in [1.807, 2.05) is 19.1 Å². The van der Waals surface area contributed by atoms with E-state index in [-0.39, 0.29) is 5.78 Å². The molecule has 0 aromatic carbocycles. The molecule has 2 heteroatoms. The third-order valence-corrected chi connectivity index (χ3v) is 2.80. The summed E-state index contributed by atoms with van der Waals surface area (Å²) < 4.78 is 0. The molecule has 80 valence electrons. The number of rotatable bonds is 2. The van der Waals surface area contributed by atoms with Gasteiger partial charge in [0.25, 0.3) is 0 Å². The van der Waals surface area contributed by atoms with Gasteiger partial charge in [0.05, 0.1) is 0 Å². The minimum absolute atomic E-state index is 0.00921. The number of hydrogen-bond acceptors (Lipinski definition) is 2. The van der Waals surface area contributed by atoms with Gasteiger partial charge in [0.1, 0.15) is 0 Å².